The van der Waals surface area contributed by atoms with Crippen LogP contribution < -0.4 is 15.8 Å². The van der Waals surface area contributed by atoms with Crippen LogP contribution in [-0.4, -0.2) is 19.1 Å². The van der Waals surface area contributed by atoms with Gasteiger partial charge < -0.3 is 15.8 Å². The topological polar surface area (TPSA) is 64.3 Å². The molecule has 3 rings (SSSR count). The van der Waals surface area contributed by atoms with Crippen molar-refractivity contribution in [1.29, 1.82) is 0 Å². The monoisotopic (exact) mass is 310 g/mol. The van der Waals surface area contributed by atoms with E-state index in [0.717, 1.165) is 5.56 Å². The fraction of sp³-hybridized carbons (Fsp3) is 0.316. The van der Waals surface area contributed by atoms with Gasteiger partial charge in [0.05, 0.1) is 12.2 Å². The quantitative estimate of drug-likeness (QED) is 0.826. The minimum atomic E-state index is -0.223. The lowest BCUT2D eigenvalue weighted by molar-refractivity contribution is 0.0947. The van der Waals surface area contributed by atoms with Gasteiger partial charge in [0.1, 0.15) is 5.75 Å². The van der Waals surface area contributed by atoms with Gasteiger partial charge in [-0.05, 0) is 36.5 Å². The molecule has 4 nitrogen and oxygen atoms in total. The summed E-state index contributed by atoms with van der Waals surface area (Å²) < 4.78 is 5.78. The fourth-order valence-corrected chi connectivity index (χ4v) is 2.39. The molecule has 3 N–H and O–H groups in total. The second kappa shape index (κ2) is 7.29. The Bertz CT molecular complexity index is 653. The molecule has 0 bridgehead atoms. The number of carbonyl (C=O) groups excluding carboxylic acids is 1. The van der Waals surface area contributed by atoms with E-state index in [1.54, 1.807) is 6.07 Å². The molecular weight excluding hydrogens is 288 g/mol. The number of benzene rings is 2. The lowest BCUT2D eigenvalue weighted by atomic mass is 10.1. The molecule has 0 aliphatic heterocycles. The number of nitrogens with one attached hydrogen (secondary N) is 1. The van der Waals surface area contributed by atoms with Crippen LogP contribution in [0.15, 0.2) is 54.6 Å². The van der Waals surface area contributed by atoms with Crippen molar-refractivity contribution in [3.05, 3.63) is 65.7 Å². The number of nitrogens with two attached hydrogens (primary N) is 1. The van der Waals surface area contributed by atoms with Crippen molar-refractivity contribution < 1.29 is 9.53 Å². The maximum absolute atomic E-state index is 12.4. The molecule has 0 aromatic heterocycles. The largest absolute Gasteiger partial charge is 0.492 e. The van der Waals surface area contributed by atoms with Gasteiger partial charge >= 0.3 is 0 Å². The average Bonchev–Trinajstić information content (AvgIpc) is 3.43. The molecule has 1 amide bonds. The Labute approximate surface area is 136 Å². The number of hydrogen-bond acceptors (Lipinski definition) is 3. The molecule has 0 spiro atoms. The first-order valence-electron chi connectivity index (χ1n) is 8.04. The lowest BCUT2D eigenvalue weighted by Gasteiger charge is -2.15. The number of carbonyl (C=O) groups is 1. The Balaban J connectivity index is 1.59. The summed E-state index contributed by atoms with van der Waals surface area (Å²) in [6.07, 6.45) is 2.45. The molecule has 0 radical (unpaired) electrons. The molecule has 1 atom stereocenters. The van der Waals surface area contributed by atoms with Gasteiger partial charge in [-0.2, -0.15) is 0 Å². The van der Waals surface area contributed by atoms with Gasteiger partial charge in [0.15, 0.2) is 0 Å². The molecule has 1 saturated carbocycles. The Hall–Kier alpha value is -2.33. The normalized spacial score (nSPS) is 15.0. The van der Waals surface area contributed by atoms with Gasteiger partial charge in [0, 0.05) is 12.6 Å². The van der Waals surface area contributed by atoms with Gasteiger partial charge in [-0.15, -0.1) is 0 Å². The molecule has 23 heavy (non-hydrogen) atoms. The van der Waals surface area contributed by atoms with Gasteiger partial charge in [0.2, 0.25) is 0 Å². The molecular formula is C19H22N2O2. The third-order valence-electron chi connectivity index (χ3n) is 4.01. The van der Waals surface area contributed by atoms with Gasteiger partial charge in [0.25, 0.3) is 5.91 Å². The van der Waals surface area contributed by atoms with Crippen molar-refractivity contribution in [3.8, 4) is 5.75 Å². The highest BCUT2D eigenvalue weighted by molar-refractivity contribution is 5.96. The summed E-state index contributed by atoms with van der Waals surface area (Å²) in [5.41, 5.74) is 7.69. The Morgan fingerprint density at radius 1 is 1.13 bits per heavy atom. The van der Waals surface area contributed by atoms with Gasteiger partial charge in [-0.1, -0.05) is 42.5 Å². The highest BCUT2D eigenvalue weighted by atomic mass is 16.5. The summed E-state index contributed by atoms with van der Waals surface area (Å²) >= 11 is 0. The highest BCUT2D eigenvalue weighted by Crippen LogP contribution is 2.30. The summed E-state index contributed by atoms with van der Waals surface area (Å²) in [7, 11) is 0. The summed E-state index contributed by atoms with van der Waals surface area (Å²) in [4.78, 5) is 12.4. The molecule has 1 aliphatic carbocycles. The van der Waals surface area contributed by atoms with Crippen molar-refractivity contribution in [2.45, 2.75) is 18.9 Å². The molecule has 0 saturated heterocycles. The molecule has 1 fully saturated rings. The van der Waals surface area contributed by atoms with E-state index in [4.69, 9.17) is 10.5 Å². The first-order chi connectivity index (χ1) is 11.2. The average molecular weight is 310 g/mol. The predicted octanol–water partition coefficient (Wildman–Crippen LogP) is 2.91. The van der Waals surface area contributed by atoms with E-state index in [0.29, 0.717) is 30.4 Å². The van der Waals surface area contributed by atoms with Gasteiger partial charge in [-0.25, -0.2) is 0 Å². The minimum Gasteiger partial charge on any atom is -0.492 e. The van der Waals surface area contributed by atoms with E-state index in [1.165, 1.54) is 12.8 Å². The standard InChI is InChI=1S/C19H22N2O2/c20-17(15-6-2-1-3-7-15)12-21-19(22)16-8-4-5-9-18(16)23-13-14-10-11-14/h1-9,14,17H,10-13,20H2,(H,21,22). The summed E-state index contributed by atoms with van der Waals surface area (Å²) in [5, 5.41) is 2.90. The number of amides is 1. The molecule has 1 aliphatic rings. The van der Waals surface area contributed by atoms with E-state index >= 15 is 0 Å². The molecule has 120 valence electrons. The third-order valence-corrected chi connectivity index (χ3v) is 4.01. The zero-order valence-corrected chi connectivity index (χ0v) is 13.1. The number of ether oxygens (including phenoxy) is 1. The molecule has 2 aromatic carbocycles. The molecule has 2 aromatic rings. The van der Waals surface area contributed by atoms with E-state index in [1.807, 2.05) is 48.5 Å². The van der Waals surface area contributed by atoms with Crippen LogP contribution in [0.2, 0.25) is 0 Å². The molecule has 1 unspecified atom stereocenters. The first-order valence-corrected chi connectivity index (χ1v) is 8.04. The first kappa shape index (κ1) is 15.6. The number of para-hydroxylation sites is 1. The molecule has 0 heterocycles. The van der Waals surface area contributed by atoms with Crippen LogP contribution in [0.25, 0.3) is 0 Å². The lowest BCUT2D eigenvalue weighted by Crippen LogP contribution is -2.32. The molecule has 4 heteroatoms. The van der Waals surface area contributed by atoms with Crippen LogP contribution in [0.3, 0.4) is 0 Å². The SMILES string of the molecule is NC(CNC(=O)c1ccccc1OCC1CC1)c1ccccc1. The predicted molar refractivity (Wildman–Crippen MR) is 90.4 cm³/mol. The zero-order chi connectivity index (χ0) is 16.1. The van der Waals surface area contributed by atoms with Crippen LogP contribution in [0, 0.1) is 5.92 Å². The van der Waals surface area contributed by atoms with E-state index in [9.17, 15) is 4.79 Å². The highest BCUT2D eigenvalue weighted by Gasteiger charge is 2.23. The van der Waals surface area contributed by atoms with Gasteiger partial charge in [-0.3, -0.25) is 4.79 Å². The van der Waals surface area contributed by atoms with Crippen molar-refractivity contribution in [2.24, 2.45) is 11.7 Å². The maximum Gasteiger partial charge on any atom is 0.255 e. The van der Waals surface area contributed by atoms with E-state index in [2.05, 4.69) is 5.32 Å². The van der Waals surface area contributed by atoms with Crippen molar-refractivity contribution in [1.82, 2.24) is 5.32 Å². The summed E-state index contributed by atoms with van der Waals surface area (Å²) in [6.45, 7) is 1.08. The Kier molecular flexibility index (Phi) is 4.93. The summed E-state index contributed by atoms with van der Waals surface area (Å²) in [5.74, 6) is 1.14. The number of hydrogen-bond donors (Lipinski definition) is 2. The second-order valence-electron chi connectivity index (χ2n) is 5.98. The zero-order valence-electron chi connectivity index (χ0n) is 13.1. The minimum absolute atomic E-state index is 0.150. The fourth-order valence-electron chi connectivity index (χ4n) is 2.39. The van der Waals surface area contributed by atoms with Crippen molar-refractivity contribution in [3.63, 3.8) is 0 Å². The summed E-state index contributed by atoms with van der Waals surface area (Å²) in [6, 6.07) is 16.9. The number of rotatable bonds is 7. The third kappa shape index (κ3) is 4.33. The van der Waals surface area contributed by atoms with E-state index < -0.39 is 0 Å². The van der Waals surface area contributed by atoms with Crippen LogP contribution in [0.4, 0.5) is 0 Å². The van der Waals surface area contributed by atoms with Crippen molar-refractivity contribution in [2.75, 3.05) is 13.2 Å². The Morgan fingerprint density at radius 3 is 2.57 bits per heavy atom. The van der Waals surface area contributed by atoms with Crippen molar-refractivity contribution >= 4 is 5.91 Å². The van der Waals surface area contributed by atoms with E-state index in [-0.39, 0.29) is 11.9 Å². The maximum atomic E-state index is 12.4. The van der Waals surface area contributed by atoms with Crippen LogP contribution in [0.1, 0.15) is 34.8 Å². The smallest absolute Gasteiger partial charge is 0.255 e. The Morgan fingerprint density at radius 2 is 1.83 bits per heavy atom. The van der Waals surface area contributed by atoms with Crippen LogP contribution >= 0.6 is 0 Å². The van der Waals surface area contributed by atoms with Crippen LogP contribution in [-0.2, 0) is 0 Å². The second-order valence-corrected chi connectivity index (χ2v) is 5.98. The van der Waals surface area contributed by atoms with Crippen LogP contribution in [0.5, 0.6) is 5.75 Å².